The largest absolute Gasteiger partial charge is 0.478 e. The summed E-state index contributed by atoms with van der Waals surface area (Å²) in [5.41, 5.74) is 1.82. The highest BCUT2D eigenvalue weighted by molar-refractivity contribution is 6.15. The van der Waals surface area contributed by atoms with E-state index in [1.165, 1.54) is 17.1 Å². The molecule has 0 bridgehead atoms. The number of hydrazone groups is 1. The van der Waals surface area contributed by atoms with Gasteiger partial charge in [0, 0.05) is 0 Å². The SMILES string of the molecule is O=C(O)c1ccc(N2N=C3CCCCC3C2=O)cc1. The van der Waals surface area contributed by atoms with Gasteiger partial charge < -0.3 is 5.11 Å². The fraction of sp³-hybridized carbons (Fsp3) is 0.357. The number of benzene rings is 1. The summed E-state index contributed by atoms with van der Waals surface area (Å²) in [7, 11) is 0. The number of carboxylic acids is 1. The van der Waals surface area contributed by atoms with E-state index in [1.807, 2.05) is 0 Å². The molecule has 2 aliphatic rings. The van der Waals surface area contributed by atoms with Crippen molar-refractivity contribution in [3.63, 3.8) is 0 Å². The zero-order valence-corrected chi connectivity index (χ0v) is 10.4. The van der Waals surface area contributed by atoms with Gasteiger partial charge in [0.2, 0.25) is 0 Å². The molecule has 19 heavy (non-hydrogen) atoms. The molecular formula is C14H14N2O3. The van der Waals surface area contributed by atoms with Crippen molar-refractivity contribution in [2.75, 3.05) is 5.01 Å². The highest BCUT2D eigenvalue weighted by Gasteiger charge is 2.37. The van der Waals surface area contributed by atoms with Crippen molar-refractivity contribution >= 4 is 23.3 Å². The number of carboxylic acid groups (broad SMARTS) is 1. The first-order chi connectivity index (χ1) is 9.16. The topological polar surface area (TPSA) is 70.0 Å². The Bertz CT molecular complexity index is 563. The smallest absolute Gasteiger partial charge is 0.335 e. The Labute approximate surface area is 110 Å². The minimum Gasteiger partial charge on any atom is -0.478 e. The fourth-order valence-corrected chi connectivity index (χ4v) is 2.64. The molecule has 98 valence electrons. The van der Waals surface area contributed by atoms with Gasteiger partial charge in [0.05, 0.1) is 22.9 Å². The summed E-state index contributed by atoms with van der Waals surface area (Å²) in [6.07, 6.45) is 3.93. The van der Waals surface area contributed by atoms with E-state index in [2.05, 4.69) is 5.10 Å². The molecule has 0 spiro atoms. The second-order valence-corrected chi connectivity index (χ2v) is 4.89. The molecule has 1 fully saturated rings. The van der Waals surface area contributed by atoms with E-state index in [4.69, 9.17) is 5.11 Å². The van der Waals surface area contributed by atoms with Crippen LogP contribution in [0, 0.1) is 5.92 Å². The van der Waals surface area contributed by atoms with Crippen LogP contribution in [0.1, 0.15) is 36.0 Å². The second-order valence-electron chi connectivity index (χ2n) is 4.89. The van der Waals surface area contributed by atoms with E-state index >= 15 is 0 Å². The van der Waals surface area contributed by atoms with Gasteiger partial charge in [-0.3, -0.25) is 4.79 Å². The molecule has 1 aromatic rings. The summed E-state index contributed by atoms with van der Waals surface area (Å²) in [6, 6.07) is 6.24. The van der Waals surface area contributed by atoms with E-state index in [0.717, 1.165) is 31.4 Å². The molecule has 1 aliphatic carbocycles. The normalized spacial score (nSPS) is 22.1. The first-order valence-electron chi connectivity index (χ1n) is 6.41. The lowest BCUT2D eigenvalue weighted by Crippen LogP contribution is -2.28. The summed E-state index contributed by atoms with van der Waals surface area (Å²) in [5, 5.41) is 14.7. The first kappa shape index (κ1) is 11.9. The summed E-state index contributed by atoms with van der Waals surface area (Å²) in [4.78, 5) is 23.0. The fourth-order valence-electron chi connectivity index (χ4n) is 2.64. The number of carbonyl (C=O) groups excluding carboxylic acids is 1. The van der Waals surface area contributed by atoms with Crippen molar-refractivity contribution in [1.29, 1.82) is 0 Å². The van der Waals surface area contributed by atoms with Gasteiger partial charge in [-0.1, -0.05) is 6.42 Å². The van der Waals surface area contributed by atoms with Crippen LogP contribution < -0.4 is 5.01 Å². The Morgan fingerprint density at radius 3 is 2.63 bits per heavy atom. The lowest BCUT2D eigenvalue weighted by Gasteiger charge is -2.17. The monoisotopic (exact) mass is 258 g/mol. The van der Waals surface area contributed by atoms with Gasteiger partial charge in [0.25, 0.3) is 5.91 Å². The molecule has 0 saturated heterocycles. The standard InChI is InChI=1S/C14H14N2O3/c17-13-11-3-1-2-4-12(11)15-16(13)10-7-5-9(6-8-10)14(18)19/h5-8,11H,1-4H2,(H,18,19). The maximum absolute atomic E-state index is 12.3. The molecule has 1 saturated carbocycles. The van der Waals surface area contributed by atoms with E-state index in [0.29, 0.717) is 5.69 Å². The third kappa shape index (κ3) is 2.01. The highest BCUT2D eigenvalue weighted by atomic mass is 16.4. The van der Waals surface area contributed by atoms with Crippen molar-refractivity contribution in [3.8, 4) is 0 Å². The Balaban J connectivity index is 1.88. The molecule has 1 amide bonds. The van der Waals surface area contributed by atoms with Gasteiger partial charge in [-0.25, -0.2) is 9.80 Å². The number of fused-ring (bicyclic) bond motifs is 1. The summed E-state index contributed by atoms with van der Waals surface area (Å²) in [6.45, 7) is 0. The van der Waals surface area contributed by atoms with Gasteiger partial charge in [0.15, 0.2) is 0 Å². The molecule has 0 aromatic heterocycles. The number of hydrogen-bond donors (Lipinski definition) is 1. The minimum absolute atomic E-state index is 0.0118. The van der Waals surface area contributed by atoms with Crippen LogP contribution in [-0.2, 0) is 4.79 Å². The molecule has 1 atom stereocenters. The summed E-state index contributed by atoms with van der Waals surface area (Å²) in [5.74, 6) is -1.02. The second kappa shape index (κ2) is 4.50. The maximum atomic E-state index is 12.3. The molecular weight excluding hydrogens is 244 g/mol. The van der Waals surface area contributed by atoms with Crippen LogP contribution in [0.5, 0.6) is 0 Å². The Kier molecular flexibility index (Phi) is 2.81. The molecule has 1 N–H and O–H groups in total. The molecule has 1 heterocycles. The number of carbonyl (C=O) groups is 2. The predicted molar refractivity (Wildman–Crippen MR) is 70.3 cm³/mol. The van der Waals surface area contributed by atoms with Crippen LogP contribution in [0.3, 0.4) is 0 Å². The van der Waals surface area contributed by atoms with E-state index in [1.54, 1.807) is 12.1 Å². The average molecular weight is 258 g/mol. The van der Waals surface area contributed by atoms with Crippen molar-refractivity contribution in [2.45, 2.75) is 25.7 Å². The predicted octanol–water partition coefficient (Wildman–Crippen LogP) is 2.28. The molecule has 5 nitrogen and oxygen atoms in total. The first-order valence-corrected chi connectivity index (χ1v) is 6.41. The molecule has 1 unspecified atom stereocenters. The summed E-state index contributed by atoms with van der Waals surface area (Å²) >= 11 is 0. The van der Waals surface area contributed by atoms with Crippen molar-refractivity contribution in [3.05, 3.63) is 29.8 Å². The molecule has 3 rings (SSSR count). The van der Waals surface area contributed by atoms with E-state index in [9.17, 15) is 9.59 Å². The van der Waals surface area contributed by atoms with Gasteiger partial charge in [-0.15, -0.1) is 0 Å². The Morgan fingerprint density at radius 2 is 2.00 bits per heavy atom. The Morgan fingerprint density at radius 1 is 1.26 bits per heavy atom. The van der Waals surface area contributed by atoms with E-state index in [-0.39, 0.29) is 17.4 Å². The maximum Gasteiger partial charge on any atom is 0.335 e. The van der Waals surface area contributed by atoms with E-state index < -0.39 is 5.97 Å². The number of aromatic carboxylic acids is 1. The van der Waals surface area contributed by atoms with Crippen molar-refractivity contribution in [1.82, 2.24) is 0 Å². The third-order valence-electron chi connectivity index (χ3n) is 3.67. The average Bonchev–Trinajstić information content (AvgIpc) is 2.77. The van der Waals surface area contributed by atoms with Crippen LogP contribution in [-0.4, -0.2) is 22.7 Å². The molecule has 0 radical (unpaired) electrons. The van der Waals surface area contributed by atoms with Crippen LogP contribution in [0.15, 0.2) is 29.4 Å². The zero-order valence-electron chi connectivity index (χ0n) is 10.4. The third-order valence-corrected chi connectivity index (χ3v) is 3.67. The van der Waals surface area contributed by atoms with Gasteiger partial charge >= 0.3 is 5.97 Å². The molecule has 1 aromatic carbocycles. The van der Waals surface area contributed by atoms with Gasteiger partial charge in [-0.05, 0) is 43.5 Å². The zero-order chi connectivity index (χ0) is 13.4. The number of nitrogens with zero attached hydrogens (tertiary/aromatic N) is 2. The van der Waals surface area contributed by atoms with Crippen molar-refractivity contribution < 1.29 is 14.7 Å². The minimum atomic E-state index is -0.973. The number of hydrogen-bond acceptors (Lipinski definition) is 3. The molecule has 1 aliphatic heterocycles. The molecule has 5 heteroatoms. The number of rotatable bonds is 2. The van der Waals surface area contributed by atoms with Crippen LogP contribution in [0.25, 0.3) is 0 Å². The lowest BCUT2D eigenvalue weighted by atomic mass is 9.87. The number of amides is 1. The van der Waals surface area contributed by atoms with Crippen LogP contribution >= 0.6 is 0 Å². The van der Waals surface area contributed by atoms with Gasteiger partial charge in [0.1, 0.15) is 0 Å². The van der Waals surface area contributed by atoms with Crippen LogP contribution in [0.2, 0.25) is 0 Å². The van der Waals surface area contributed by atoms with Crippen molar-refractivity contribution in [2.24, 2.45) is 11.0 Å². The Hall–Kier alpha value is -2.17. The summed E-state index contributed by atoms with van der Waals surface area (Å²) < 4.78 is 0. The lowest BCUT2D eigenvalue weighted by molar-refractivity contribution is -0.120. The van der Waals surface area contributed by atoms with Crippen LogP contribution in [0.4, 0.5) is 5.69 Å². The number of anilines is 1. The highest BCUT2D eigenvalue weighted by Crippen LogP contribution is 2.32. The quantitative estimate of drug-likeness (QED) is 0.884. The van der Waals surface area contributed by atoms with Gasteiger partial charge in [-0.2, -0.15) is 5.10 Å².